The molecule has 5 nitrogen and oxygen atoms in total. The fourth-order valence-electron chi connectivity index (χ4n) is 5.18. The van der Waals surface area contributed by atoms with Crippen LogP contribution in [0.1, 0.15) is 55.6 Å². The van der Waals surface area contributed by atoms with Crippen molar-refractivity contribution in [2.24, 2.45) is 0 Å². The van der Waals surface area contributed by atoms with Crippen molar-refractivity contribution in [2.75, 3.05) is 18.1 Å². The summed E-state index contributed by atoms with van der Waals surface area (Å²) in [6.07, 6.45) is 0.464. The third-order valence-corrected chi connectivity index (χ3v) is 7.00. The Labute approximate surface area is 213 Å². The number of hydrogen-bond acceptors (Lipinski definition) is 3. The van der Waals surface area contributed by atoms with Crippen molar-refractivity contribution in [3.63, 3.8) is 0 Å². The molecule has 186 valence electrons. The zero-order valence-electron chi connectivity index (χ0n) is 21.9. The van der Waals surface area contributed by atoms with Crippen LogP contribution in [0.4, 0.5) is 5.69 Å². The highest BCUT2D eigenvalue weighted by atomic mass is 16.5. The first-order chi connectivity index (χ1) is 17.2. The molecule has 5 heteroatoms. The van der Waals surface area contributed by atoms with Crippen LogP contribution in [-0.2, 0) is 16.8 Å². The van der Waals surface area contributed by atoms with E-state index in [1.54, 1.807) is 0 Å². The number of aryl methyl sites for hydroxylation is 2. The normalized spacial score (nSPS) is 16.2. The summed E-state index contributed by atoms with van der Waals surface area (Å²) in [6.45, 7) is 12.6. The first-order valence-electron chi connectivity index (χ1n) is 12.8. The summed E-state index contributed by atoms with van der Waals surface area (Å²) in [4.78, 5) is 20.0. The standard InChI is InChI=1S/C31H35N3O2/c1-21-16-22(2)18-25(17-21)34-20-23(19-29(34)35)30-32-27-8-6-7-9-28(27)33(30)14-15-36-26-12-10-24(11-13-26)31(3,4)5/h6-13,16-18,23H,14-15,19-20H2,1-5H3. The largest absolute Gasteiger partial charge is 0.492 e. The Morgan fingerprint density at radius 1 is 0.972 bits per heavy atom. The van der Waals surface area contributed by atoms with Crippen molar-refractivity contribution in [1.29, 1.82) is 0 Å². The highest BCUT2D eigenvalue weighted by molar-refractivity contribution is 5.96. The molecule has 36 heavy (non-hydrogen) atoms. The first kappa shape index (κ1) is 24.1. The minimum atomic E-state index is 0.0387. The average Bonchev–Trinajstić information content (AvgIpc) is 3.39. The monoisotopic (exact) mass is 481 g/mol. The molecule has 1 atom stereocenters. The van der Waals surface area contributed by atoms with E-state index in [0.29, 0.717) is 26.1 Å². The molecule has 1 fully saturated rings. The third-order valence-electron chi connectivity index (χ3n) is 7.00. The molecule has 4 aromatic rings. The van der Waals surface area contributed by atoms with Gasteiger partial charge in [0.25, 0.3) is 0 Å². The molecule has 0 aliphatic carbocycles. The van der Waals surface area contributed by atoms with Crippen molar-refractivity contribution < 1.29 is 9.53 Å². The first-order valence-corrected chi connectivity index (χ1v) is 12.8. The van der Waals surface area contributed by atoms with E-state index in [0.717, 1.165) is 28.3 Å². The Bertz CT molecular complexity index is 1380. The topological polar surface area (TPSA) is 47.4 Å². The lowest BCUT2D eigenvalue weighted by Gasteiger charge is -2.19. The second kappa shape index (κ2) is 9.45. The van der Waals surface area contributed by atoms with Crippen molar-refractivity contribution in [2.45, 2.75) is 58.9 Å². The summed E-state index contributed by atoms with van der Waals surface area (Å²) >= 11 is 0. The summed E-state index contributed by atoms with van der Waals surface area (Å²) in [5.74, 6) is 2.02. The average molecular weight is 482 g/mol. The number of fused-ring (bicyclic) bond motifs is 1. The van der Waals surface area contributed by atoms with Gasteiger partial charge in [0, 0.05) is 24.6 Å². The molecule has 0 saturated carbocycles. The van der Waals surface area contributed by atoms with Gasteiger partial charge in [-0.3, -0.25) is 4.79 Å². The van der Waals surface area contributed by atoms with Crippen molar-refractivity contribution in [3.8, 4) is 5.75 Å². The zero-order chi connectivity index (χ0) is 25.4. The lowest BCUT2D eigenvalue weighted by atomic mass is 9.87. The van der Waals surface area contributed by atoms with Gasteiger partial charge in [-0.25, -0.2) is 4.98 Å². The van der Waals surface area contributed by atoms with E-state index >= 15 is 0 Å². The quantitative estimate of drug-likeness (QED) is 0.314. The van der Waals surface area contributed by atoms with Crippen molar-refractivity contribution >= 4 is 22.6 Å². The molecule has 1 amide bonds. The lowest BCUT2D eigenvalue weighted by Crippen LogP contribution is -2.25. The number of amides is 1. The Kier molecular flexibility index (Phi) is 6.33. The molecule has 1 unspecified atom stereocenters. The van der Waals surface area contributed by atoms with Gasteiger partial charge in [-0.05, 0) is 72.4 Å². The highest BCUT2D eigenvalue weighted by Gasteiger charge is 2.35. The van der Waals surface area contributed by atoms with Crippen molar-refractivity contribution in [3.05, 3.63) is 89.2 Å². The van der Waals surface area contributed by atoms with Crippen LogP contribution in [0.5, 0.6) is 5.75 Å². The van der Waals surface area contributed by atoms with Crippen LogP contribution < -0.4 is 9.64 Å². The Morgan fingerprint density at radius 3 is 2.36 bits per heavy atom. The molecule has 3 aromatic carbocycles. The maximum absolute atomic E-state index is 13.1. The van der Waals surface area contributed by atoms with E-state index < -0.39 is 0 Å². The number of carbonyl (C=O) groups excluding carboxylic acids is 1. The molecule has 2 heterocycles. The van der Waals surface area contributed by atoms with Gasteiger partial charge in [-0.2, -0.15) is 0 Å². The van der Waals surface area contributed by atoms with Crippen LogP contribution in [0.3, 0.4) is 0 Å². The predicted molar refractivity (Wildman–Crippen MR) is 146 cm³/mol. The summed E-state index contributed by atoms with van der Waals surface area (Å²) < 4.78 is 8.36. The molecule has 0 N–H and O–H groups in total. The van der Waals surface area contributed by atoms with Gasteiger partial charge in [-0.1, -0.05) is 51.1 Å². The highest BCUT2D eigenvalue weighted by Crippen LogP contribution is 2.34. The molecule has 1 aliphatic heterocycles. The van der Waals surface area contributed by atoms with Gasteiger partial charge in [0.1, 0.15) is 18.2 Å². The summed E-state index contributed by atoms with van der Waals surface area (Å²) in [6, 6.07) is 22.9. The van der Waals surface area contributed by atoms with Gasteiger partial charge < -0.3 is 14.2 Å². The smallest absolute Gasteiger partial charge is 0.227 e. The van der Waals surface area contributed by atoms with Crippen molar-refractivity contribution in [1.82, 2.24) is 9.55 Å². The number of imidazole rings is 1. The number of nitrogens with zero attached hydrogens (tertiary/aromatic N) is 3. The van der Waals surface area contributed by atoms with E-state index in [9.17, 15) is 4.79 Å². The minimum Gasteiger partial charge on any atom is -0.492 e. The molecule has 0 bridgehead atoms. The van der Waals surface area contributed by atoms with Crippen LogP contribution in [0.2, 0.25) is 0 Å². The zero-order valence-corrected chi connectivity index (χ0v) is 21.9. The second-order valence-electron chi connectivity index (χ2n) is 11.0. The van der Waals surface area contributed by atoms with Gasteiger partial charge in [-0.15, -0.1) is 0 Å². The Hall–Kier alpha value is -3.60. The van der Waals surface area contributed by atoms with Gasteiger partial charge in [0.05, 0.1) is 17.6 Å². The van der Waals surface area contributed by atoms with Crippen LogP contribution >= 0.6 is 0 Å². The SMILES string of the molecule is Cc1cc(C)cc(N2CC(c3nc4ccccc4n3CCOc3ccc(C(C)(C)C)cc3)CC2=O)c1. The molecule has 0 spiro atoms. The molecular formula is C31H35N3O2. The molecule has 1 aliphatic rings. The Balaban J connectivity index is 1.36. The number of aromatic nitrogens is 2. The number of benzene rings is 3. The number of carbonyl (C=O) groups is 1. The van der Waals surface area contributed by atoms with Crippen LogP contribution in [0, 0.1) is 13.8 Å². The lowest BCUT2D eigenvalue weighted by molar-refractivity contribution is -0.117. The van der Waals surface area contributed by atoms with Crippen LogP contribution in [0.15, 0.2) is 66.7 Å². The van der Waals surface area contributed by atoms with Crippen LogP contribution in [-0.4, -0.2) is 28.6 Å². The maximum atomic E-state index is 13.1. The van der Waals surface area contributed by atoms with Gasteiger partial charge in [0.2, 0.25) is 5.91 Å². The summed E-state index contributed by atoms with van der Waals surface area (Å²) in [5, 5.41) is 0. The fourth-order valence-corrected chi connectivity index (χ4v) is 5.18. The Morgan fingerprint density at radius 2 is 1.67 bits per heavy atom. The van der Waals surface area contributed by atoms with E-state index in [1.165, 1.54) is 16.7 Å². The molecule has 0 radical (unpaired) electrons. The second-order valence-corrected chi connectivity index (χ2v) is 11.0. The van der Waals surface area contributed by atoms with Gasteiger partial charge in [0.15, 0.2) is 0 Å². The summed E-state index contributed by atoms with van der Waals surface area (Å²) in [5.41, 5.74) is 6.76. The molecule has 5 rings (SSSR count). The number of anilines is 1. The van der Waals surface area contributed by atoms with Crippen LogP contribution in [0.25, 0.3) is 11.0 Å². The number of rotatable bonds is 6. The fraction of sp³-hybridized carbons (Fsp3) is 0.355. The maximum Gasteiger partial charge on any atom is 0.227 e. The molecule has 1 aromatic heterocycles. The predicted octanol–water partition coefficient (Wildman–Crippen LogP) is 6.55. The van der Waals surface area contributed by atoms with E-state index in [-0.39, 0.29) is 17.2 Å². The van der Waals surface area contributed by atoms with E-state index in [1.807, 2.05) is 35.2 Å². The van der Waals surface area contributed by atoms with E-state index in [4.69, 9.17) is 9.72 Å². The number of para-hydroxylation sites is 2. The number of hydrogen-bond donors (Lipinski definition) is 0. The van der Waals surface area contributed by atoms with E-state index in [2.05, 4.69) is 75.6 Å². The molecule has 1 saturated heterocycles. The minimum absolute atomic E-state index is 0.0387. The van der Waals surface area contributed by atoms with Gasteiger partial charge >= 0.3 is 0 Å². The summed E-state index contributed by atoms with van der Waals surface area (Å²) in [7, 11) is 0. The molecular weight excluding hydrogens is 446 g/mol. The number of ether oxygens (including phenoxy) is 1. The third kappa shape index (κ3) is 4.88.